The summed E-state index contributed by atoms with van der Waals surface area (Å²) in [4.78, 5) is 13.3. The minimum atomic E-state index is -3.17. The van der Waals surface area contributed by atoms with Gasteiger partial charge in [-0.15, -0.1) is 0 Å². The fraction of sp³-hybridized carbons (Fsp3) is 0.611. The van der Waals surface area contributed by atoms with E-state index in [0.717, 1.165) is 16.7 Å². The van der Waals surface area contributed by atoms with Gasteiger partial charge in [0.2, 0.25) is 10.0 Å². The van der Waals surface area contributed by atoms with Gasteiger partial charge in [0.25, 0.3) is 0 Å². The summed E-state index contributed by atoms with van der Waals surface area (Å²) in [6.07, 6.45) is 1.33. The second kappa shape index (κ2) is 8.29. The molecule has 6 nitrogen and oxygen atoms in total. The molecule has 1 heterocycles. The highest BCUT2D eigenvalue weighted by Gasteiger charge is 2.30. The molecule has 0 aromatic heterocycles. The number of hydrogen-bond donors (Lipinski definition) is 1. The van der Waals surface area contributed by atoms with Crippen molar-refractivity contribution in [2.75, 3.05) is 25.4 Å². The Hall–Kier alpha value is -1.44. The number of carboxylic acid groups (broad SMARTS) is 1. The molecule has 2 rings (SSSR count). The number of hydrogen-bond acceptors (Lipinski definition) is 4. The van der Waals surface area contributed by atoms with Crippen LogP contribution in [-0.2, 0) is 21.4 Å². The van der Waals surface area contributed by atoms with Gasteiger partial charge < -0.3 is 5.11 Å². The molecule has 0 radical (unpaired) electrons. The van der Waals surface area contributed by atoms with E-state index in [-0.39, 0.29) is 18.3 Å². The highest BCUT2D eigenvalue weighted by Crippen LogP contribution is 2.22. The van der Waals surface area contributed by atoms with Crippen LogP contribution in [0.2, 0.25) is 0 Å². The lowest BCUT2D eigenvalue weighted by Crippen LogP contribution is -2.48. The van der Waals surface area contributed by atoms with Crippen LogP contribution >= 0.6 is 0 Å². The molecule has 1 aromatic carbocycles. The van der Waals surface area contributed by atoms with Gasteiger partial charge in [0.15, 0.2) is 0 Å². The third-order valence-electron chi connectivity index (χ3n) is 4.91. The molecule has 1 N–H and O–H groups in total. The average Bonchev–Trinajstić information content (AvgIpc) is 2.57. The van der Waals surface area contributed by atoms with Crippen LogP contribution in [0.1, 0.15) is 36.5 Å². The van der Waals surface area contributed by atoms with Gasteiger partial charge in [0, 0.05) is 25.7 Å². The van der Waals surface area contributed by atoms with E-state index in [2.05, 4.69) is 18.2 Å². The van der Waals surface area contributed by atoms with Crippen LogP contribution in [0.25, 0.3) is 0 Å². The average molecular weight is 368 g/mol. The lowest BCUT2D eigenvalue weighted by molar-refractivity contribution is -0.139. The van der Waals surface area contributed by atoms with Crippen molar-refractivity contribution in [1.29, 1.82) is 0 Å². The van der Waals surface area contributed by atoms with Crippen molar-refractivity contribution in [3.05, 3.63) is 34.9 Å². The van der Waals surface area contributed by atoms with Crippen LogP contribution in [0.3, 0.4) is 0 Å². The Kier molecular flexibility index (Phi) is 6.59. The van der Waals surface area contributed by atoms with Gasteiger partial charge in [-0.25, -0.2) is 12.7 Å². The van der Waals surface area contributed by atoms with E-state index in [1.54, 1.807) is 6.92 Å². The number of nitrogens with zero attached hydrogens (tertiary/aromatic N) is 2. The fourth-order valence-electron chi connectivity index (χ4n) is 3.35. The van der Waals surface area contributed by atoms with Gasteiger partial charge in [-0.3, -0.25) is 9.69 Å². The van der Waals surface area contributed by atoms with Gasteiger partial charge >= 0.3 is 5.97 Å². The molecule has 0 saturated carbocycles. The summed E-state index contributed by atoms with van der Waals surface area (Å²) in [5, 5.41) is 9.29. The molecule has 7 heteroatoms. The zero-order chi connectivity index (χ0) is 18.6. The molecule has 140 valence electrons. The van der Waals surface area contributed by atoms with Gasteiger partial charge in [-0.1, -0.05) is 23.8 Å². The van der Waals surface area contributed by atoms with E-state index in [1.807, 2.05) is 18.7 Å². The molecule has 0 spiro atoms. The third kappa shape index (κ3) is 5.26. The van der Waals surface area contributed by atoms with E-state index in [9.17, 15) is 18.3 Å². The highest BCUT2D eigenvalue weighted by molar-refractivity contribution is 7.89. The Labute approximate surface area is 150 Å². The van der Waals surface area contributed by atoms with Crippen molar-refractivity contribution in [2.24, 2.45) is 0 Å². The lowest BCUT2D eigenvalue weighted by Gasteiger charge is -2.37. The van der Waals surface area contributed by atoms with E-state index in [1.165, 1.54) is 4.31 Å². The molecule has 1 fully saturated rings. The highest BCUT2D eigenvalue weighted by atomic mass is 32.2. The maximum absolute atomic E-state index is 12.0. The van der Waals surface area contributed by atoms with Crippen molar-refractivity contribution in [2.45, 2.75) is 46.2 Å². The first-order valence-corrected chi connectivity index (χ1v) is 10.3. The molecule has 0 bridgehead atoms. The Balaban J connectivity index is 2.11. The fourth-order valence-corrected chi connectivity index (χ4v) is 4.48. The van der Waals surface area contributed by atoms with Crippen molar-refractivity contribution in [3.63, 3.8) is 0 Å². The summed E-state index contributed by atoms with van der Waals surface area (Å²) in [5.74, 6) is -0.743. The summed E-state index contributed by atoms with van der Waals surface area (Å²) in [5.41, 5.74) is 3.43. The SMILES string of the molecule is CCS(=O)(=O)N1CCC(N(CC(=O)O)Cc2cc(C)ccc2C)CC1. The van der Waals surface area contributed by atoms with Gasteiger partial charge in [0.05, 0.1) is 12.3 Å². The normalized spacial score (nSPS) is 17.1. The second-order valence-corrected chi connectivity index (χ2v) is 9.02. The Morgan fingerprint density at radius 2 is 1.92 bits per heavy atom. The van der Waals surface area contributed by atoms with Crippen LogP contribution < -0.4 is 0 Å². The summed E-state index contributed by atoms with van der Waals surface area (Å²) in [6, 6.07) is 6.29. The number of carboxylic acids is 1. The number of sulfonamides is 1. The number of rotatable bonds is 7. The number of benzene rings is 1. The standard InChI is InChI=1S/C18H28N2O4S/c1-4-25(23,24)20-9-7-17(8-10-20)19(13-18(21)22)12-16-11-14(2)5-6-15(16)3/h5-6,11,17H,4,7-10,12-13H2,1-3H3,(H,21,22). The lowest BCUT2D eigenvalue weighted by atomic mass is 10.0. The van der Waals surface area contributed by atoms with E-state index in [4.69, 9.17) is 0 Å². The Morgan fingerprint density at radius 1 is 1.28 bits per heavy atom. The predicted octanol–water partition coefficient (Wildman–Crippen LogP) is 2.00. The quantitative estimate of drug-likeness (QED) is 0.796. The first kappa shape index (κ1) is 19.9. The van der Waals surface area contributed by atoms with Crippen LogP contribution in [0.5, 0.6) is 0 Å². The van der Waals surface area contributed by atoms with E-state index >= 15 is 0 Å². The first-order chi connectivity index (χ1) is 11.7. The molecule has 25 heavy (non-hydrogen) atoms. The molecule has 1 aromatic rings. The molecule has 1 aliphatic heterocycles. The molecule has 1 saturated heterocycles. The van der Waals surface area contributed by atoms with Gasteiger partial charge in [-0.2, -0.15) is 0 Å². The molecular formula is C18H28N2O4S. The van der Waals surface area contributed by atoms with E-state index in [0.29, 0.717) is 32.5 Å². The summed E-state index contributed by atoms with van der Waals surface area (Å²) < 4.78 is 25.5. The van der Waals surface area contributed by atoms with Crippen molar-refractivity contribution >= 4 is 16.0 Å². The third-order valence-corrected chi connectivity index (χ3v) is 6.80. The number of piperidine rings is 1. The summed E-state index contributed by atoms with van der Waals surface area (Å²) in [7, 11) is -3.17. The number of aryl methyl sites for hydroxylation is 2. The van der Waals surface area contributed by atoms with Gasteiger partial charge in [0.1, 0.15) is 0 Å². The maximum Gasteiger partial charge on any atom is 0.317 e. The zero-order valence-electron chi connectivity index (χ0n) is 15.2. The molecule has 1 aliphatic rings. The first-order valence-electron chi connectivity index (χ1n) is 8.72. The topological polar surface area (TPSA) is 77.9 Å². The number of carbonyl (C=O) groups is 1. The zero-order valence-corrected chi connectivity index (χ0v) is 16.1. The van der Waals surface area contributed by atoms with Crippen LogP contribution in [-0.4, -0.2) is 60.1 Å². The maximum atomic E-state index is 12.0. The molecular weight excluding hydrogens is 340 g/mol. The molecule has 0 atom stereocenters. The summed E-state index contributed by atoms with van der Waals surface area (Å²) >= 11 is 0. The second-order valence-electron chi connectivity index (χ2n) is 6.76. The Morgan fingerprint density at radius 3 is 2.48 bits per heavy atom. The minimum Gasteiger partial charge on any atom is -0.480 e. The monoisotopic (exact) mass is 368 g/mol. The molecule has 0 aliphatic carbocycles. The predicted molar refractivity (Wildman–Crippen MR) is 98.0 cm³/mol. The largest absolute Gasteiger partial charge is 0.480 e. The Bertz CT molecular complexity index is 710. The van der Waals surface area contributed by atoms with E-state index < -0.39 is 16.0 Å². The van der Waals surface area contributed by atoms with Crippen LogP contribution in [0.15, 0.2) is 18.2 Å². The van der Waals surface area contributed by atoms with Crippen molar-refractivity contribution in [1.82, 2.24) is 9.21 Å². The van der Waals surface area contributed by atoms with Crippen molar-refractivity contribution < 1.29 is 18.3 Å². The van der Waals surface area contributed by atoms with Crippen molar-refractivity contribution in [3.8, 4) is 0 Å². The molecule has 0 unspecified atom stereocenters. The van der Waals surface area contributed by atoms with Gasteiger partial charge in [-0.05, 0) is 44.7 Å². The minimum absolute atomic E-state index is 0.0292. The van der Waals surface area contributed by atoms with Crippen LogP contribution in [0, 0.1) is 13.8 Å². The van der Waals surface area contributed by atoms with Crippen LogP contribution in [0.4, 0.5) is 0 Å². The summed E-state index contributed by atoms with van der Waals surface area (Å²) in [6.45, 7) is 7.18. The number of aliphatic carboxylic acids is 1. The smallest absolute Gasteiger partial charge is 0.317 e. The molecule has 0 amide bonds.